The Kier molecular flexibility index (Phi) is 6.96. The molecule has 0 aliphatic carbocycles. The summed E-state index contributed by atoms with van der Waals surface area (Å²) < 4.78 is 39.8. The van der Waals surface area contributed by atoms with Crippen molar-refractivity contribution in [3.05, 3.63) is 23.8 Å². The molecule has 1 rings (SSSR count). The average molecular weight is 302 g/mol. The summed E-state index contributed by atoms with van der Waals surface area (Å²) in [5, 5.41) is 18.2. The molecule has 4 N–H and O–H groups in total. The van der Waals surface area contributed by atoms with Gasteiger partial charge in [0.1, 0.15) is 11.5 Å². The molecule has 0 heterocycles. The first-order chi connectivity index (χ1) is 8.33. The van der Waals surface area contributed by atoms with Gasteiger partial charge in [-0.3, -0.25) is 0 Å². The molecule has 0 aliphatic rings. The highest BCUT2D eigenvalue weighted by Crippen LogP contribution is 2.31. The van der Waals surface area contributed by atoms with Gasteiger partial charge in [0.05, 0.1) is 0 Å². The number of halogens is 4. The molecule has 0 radical (unpaired) electrons. The summed E-state index contributed by atoms with van der Waals surface area (Å²) in [7, 11) is 0. The van der Waals surface area contributed by atoms with Crippen molar-refractivity contribution in [3.8, 4) is 11.5 Å². The van der Waals surface area contributed by atoms with Gasteiger partial charge in [0.15, 0.2) is 0 Å². The van der Waals surface area contributed by atoms with E-state index >= 15 is 0 Å². The van der Waals surface area contributed by atoms with Crippen molar-refractivity contribution < 1.29 is 28.1 Å². The topological polar surface area (TPSA) is 75.7 Å². The van der Waals surface area contributed by atoms with Gasteiger partial charge in [-0.1, -0.05) is 0 Å². The van der Waals surface area contributed by atoms with E-state index in [1.165, 1.54) is 0 Å². The van der Waals surface area contributed by atoms with Crippen LogP contribution in [0.15, 0.2) is 18.2 Å². The molecule has 0 aromatic heterocycles. The molecule has 8 heteroatoms. The van der Waals surface area contributed by atoms with Crippen LogP contribution >= 0.6 is 12.4 Å². The number of phenols is 1. The number of aromatic hydroxyl groups is 1. The van der Waals surface area contributed by atoms with Crippen LogP contribution in [0.3, 0.4) is 0 Å². The molecule has 0 amide bonds. The van der Waals surface area contributed by atoms with Crippen molar-refractivity contribution in [2.24, 2.45) is 5.73 Å². The van der Waals surface area contributed by atoms with Crippen LogP contribution in [0.1, 0.15) is 24.4 Å². The Morgan fingerprint density at radius 3 is 2.47 bits per heavy atom. The lowest BCUT2D eigenvalue weighted by Crippen LogP contribution is -2.18. The van der Waals surface area contributed by atoms with E-state index in [2.05, 4.69) is 4.74 Å². The van der Waals surface area contributed by atoms with Crippen LogP contribution in [0.2, 0.25) is 0 Å². The minimum Gasteiger partial charge on any atom is -0.508 e. The van der Waals surface area contributed by atoms with Gasteiger partial charge in [0, 0.05) is 18.2 Å². The van der Waals surface area contributed by atoms with E-state index in [-0.39, 0.29) is 30.3 Å². The Morgan fingerprint density at radius 2 is 1.95 bits per heavy atom. The third-order valence-electron chi connectivity index (χ3n) is 2.31. The van der Waals surface area contributed by atoms with Crippen LogP contribution in [0.4, 0.5) is 13.2 Å². The van der Waals surface area contributed by atoms with E-state index < -0.39 is 18.2 Å². The molecule has 0 saturated carbocycles. The normalized spacial score (nSPS) is 12.7. The van der Waals surface area contributed by atoms with Crippen LogP contribution in [0.5, 0.6) is 11.5 Å². The Bertz CT molecular complexity index is 401. The van der Waals surface area contributed by atoms with E-state index in [1.54, 1.807) is 0 Å². The third kappa shape index (κ3) is 6.00. The molecule has 0 spiro atoms. The van der Waals surface area contributed by atoms with E-state index in [0.717, 1.165) is 18.2 Å². The SMILES string of the molecule is Cl.N[C@H](CCCO)c1cc(OC(F)(F)F)ccc1O. The zero-order valence-electron chi connectivity index (χ0n) is 9.85. The standard InChI is InChI=1S/C11H14F3NO3.ClH/c12-11(13,14)18-7-3-4-10(17)8(6-7)9(15)2-1-5-16;/h3-4,6,9,16-17H,1-2,5,15H2;1H/t9-;/m1./s1. The van der Waals surface area contributed by atoms with Crippen LogP contribution in [0, 0.1) is 0 Å². The van der Waals surface area contributed by atoms with Crippen molar-refractivity contribution in [2.75, 3.05) is 6.61 Å². The van der Waals surface area contributed by atoms with Crippen molar-refractivity contribution in [1.82, 2.24) is 0 Å². The molecule has 19 heavy (non-hydrogen) atoms. The fourth-order valence-corrected chi connectivity index (χ4v) is 1.49. The van der Waals surface area contributed by atoms with E-state index in [1.807, 2.05) is 0 Å². The smallest absolute Gasteiger partial charge is 0.508 e. The summed E-state index contributed by atoms with van der Waals surface area (Å²) in [4.78, 5) is 0. The third-order valence-corrected chi connectivity index (χ3v) is 2.31. The summed E-state index contributed by atoms with van der Waals surface area (Å²) in [6, 6.07) is 2.49. The van der Waals surface area contributed by atoms with Gasteiger partial charge in [-0.05, 0) is 31.0 Å². The maximum atomic E-state index is 12.0. The largest absolute Gasteiger partial charge is 0.573 e. The van der Waals surface area contributed by atoms with Crippen molar-refractivity contribution in [1.29, 1.82) is 0 Å². The first-order valence-corrected chi connectivity index (χ1v) is 5.28. The highest BCUT2D eigenvalue weighted by molar-refractivity contribution is 5.85. The Morgan fingerprint density at radius 1 is 1.32 bits per heavy atom. The summed E-state index contributed by atoms with van der Waals surface area (Å²) in [5.41, 5.74) is 5.86. The molecule has 1 atom stereocenters. The predicted octanol–water partition coefficient (Wildman–Crippen LogP) is 2.48. The first-order valence-electron chi connectivity index (χ1n) is 5.28. The molecule has 0 bridgehead atoms. The van der Waals surface area contributed by atoms with Gasteiger partial charge in [0.2, 0.25) is 0 Å². The summed E-state index contributed by atoms with van der Waals surface area (Å²) in [6.45, 7) is -0.0762. The minimum absolute atomic E-state index is 0. The van der Waals surface area contributed by atoms with Gasteiger partial charge in [-0.2, -0.15) is 0 Å². The summed E-state index contributed by atoms with van der Waals surface area (Å²) in [6.07, 6.45) is -4.05. The van der Waals surface area contributed by atoms with Gasteiger partial charge < -0.3 is 20.7 Å². The molecular weight excluding hydrogens is 287 g/mol. The van der Waals surface area contributed by atoms with Crippen molar-refractivity contribution in [2.45, 2.75) is 25.2 Å². The molecular formula is C11H15ClF3NO3. The van der Waals surface area contributed by atoms with Crippen LogP contribution in [0.25, 0.3) is 0 Å². The fourth-order valence-electron chi connectivity index (χ4n) is 1.49. The predicted molar refractivity (Wildman–Crippen MR) is 65.3 cm³/mol. The maximum Gasteiger partial charge on any atom is 0.573 e. The lowest BCUT2D eigenvalue weighted by atomic mass is 10.0. The monoisotopic (exact) mass is 301 g/mol. The number of hydrogen-bond acceptors (Lipinski definition) is 4. The molecule has 0 unspecified atom stereocenters. The number of ether oxygens (including phenoxy) is 1. The number of nitrogens with two attached hydrogens (primary N) is 1. The minimum atomic E-state index is -4.79. The van der Waals surface area contributed by atoms with Gasteiger partial charge in [-0.15, -0.1) is 25.6 Å². The first kappa shape index (κ1) is 17.8. The van der Waals surface area contributed by atoms with Gasteiger partial charge in [-0.25, -0.2) is 0 Å². The number of aliphatic hydroxyl groups is 1. The molecule has 1 aromatic rings. The Hall–Kier alpha value is -1.18. The lowest BCUT2D eigenvalue weighted by Gasteiger charge is -2.15. The van der Waals surface area contributed by atoms with E-state index in [9.17, 15) is 18.3 Å². The maximum absolute atomic E-state index is 12.0. The number of benzene rings is 1. The highest BCUT2D eigenvalue weighted by Gasteiger charge is 2.31. The number of phenolic OH excluding ortho intramolecular Hbond substituents is 1. The molecule has 0 aliphatic heterocycles. The van der Waals surface area contributed by atoms with Crippen molar-refractivity contribution in [3.63, 3.8) is 0 Å². The van der Waals surface area contributed by atoms with Gasteiger partial charge >= 0.3 is 6.36 Å². The fraction of sp³-hybridized carbons (Fsp3) is 0.455. The number of aliphatic hydroxyl groups excluding tert-OH is 1. The Labute approximate surface area is 114 Å². The second-order valence-electron chi connectivity index (χ2n) is 3.74. The molecule has 0 saturated heterocycles. The molecule has 110 valence electrons. The quantitative estimate of drug-likeness (QED) is 0.781. The lowest BCUT2D eigenvalue weighted by molar-refractivity contribution is -0.274. The summed E-state index contributed by atoms with van der Waals surface area (Å²) in [5.74, 6) is -0.635. The van der Waals surface area contributed by atoms with Crippen LogP contribution < -0.4 is 10.5 Å². The second kappa shape index (κ2) is 7.42. The highest BCUT2D eigenvalue weighted by atomic mass is 35.5. The van der Waals surface area contributed by atoms with E-state index in [4.69, 9.17) is 10.8 Å². The van der Waals surface area contributed by atoms with Crippen molar-refractivity contribution >= 4 is 12.4 Å². The van der Waals surface area contributed by atoms with Crippen LogP contribution in [-0.2, 0) is 0 Å². The Balaban J connectivity index is 0.00000324. The van der Waals surface area contributed by atoms with E-state index in [0.29, 0.717) is 12.8 Å². The number of rotatable bonds is 5. The molecule has 0 fully saturated rings. The number of hydrogen-bond donors (Lipinski definition) is 3. The number of alkyl halides is 3. The summed E-state index contributed by atoms with van der Waals surface area (Å²) >= 11 is 0. The average Bonchev–Trinajstić information content (AvgIpc) is 2.26. The second-order valence-corrected chi connectivity index (χ2v) is 3.74. The molecule has 1 aromatic carbocycles. The zero-order valence-corrected chi connectivity index (χ0v) is 10.7. The molecule has 4 nitrogen and oxygen atoms in total. The van der Waals surface area contributed by atoms with Gasteiger partial charge in [0.25, 0.3) is 0 Å². The van der Waals surface area contributed by atoms with Crippen LogP contribution in [-0.4, -0.2) is 23.2 Å². The zero-order chi connectivity index (χ0) is 13.8.